The number of benzene rings is 1. The Morgan fingerprint density at radius 2 is 1.83 bits per heavy atom. The van der Waals surface area contributed by atoms with Gasteiger partial charge in [-0.3, -0.25) is 4.79 Å². The van der Waals surface area contributed by atoms with E-state index < -0.39 is 0 Å². The van der Waals surface area contributed by atoms with Crippen LogP contribution in [-0.4, -0.2) is 28.0 Å². The number of amides is 1. The molecule has 0 aliphatic carbocycles. The van der Waals surface area contributed by atoms with Gasteiger partial charge in [0.25, 0.3) is 0 Å². The third kappa shape index (κ3) is 4.37. The number of hydrogen-bond acceptors (Lipinski definition) is 4. The third-order valence-corrected chi connectivity index (χ3v) is 4.78. The number of hydrogen-bond donors (Lipinski definition) is 1. The van der Waals surface area contributed by atoms with E-state index in [2.05, 4.69) is 10.3 Å². The molecule has 0 radical (unpaired) electrons. The molecule has 29 heavy (non-hydrogen) atoms. The molecule has 1 amide bonds. The molecule has 0 saturated heterocycles. The van der Waals surface area contributed by atoms with Crippen molar-refractivity contribution in [2.24, 2.45) is 0 Å². The summed E-state index contributed by atoms with van der Waals surface area (Å²) >= 11 is 0. The number of anilines is 1. The van der Waals surface area contributed by atoms with Gasteiger partial charge >= 0.3 is 5.97 Å². The van der Waals surface area contributed by atoms with Gasteiger partial charge in [0.1, 0.15) is 12.4 Å². The van der Waals surface area contributed by atoms with Gasteiger partial charge in [0.15, 0.2) is 0 Å². The summed E-state index contributed by atoms with van der Waals surface area (Å²) in [6.45, 7) is 7.80. The smallest absolute Gasteiger partial charge is 0.340 e. The fourth-order valence-corrected chi connectivity index (χ4v) is 3.50. The topological polar surface area (TPSA) is 73.2 Å². The summed E-state index contributed by atoms with van der Waals surface area (Å²) in [5, 5.41) is 2.83. The van der Waals surface area contributed by atoms with Crippen molar-refractivity contribution in [2.75, 3.05) is 11.9 Å². The second-order valence-corrected chi connectivity index (χ2v) is 6.87. The molecule has 3 aromatic rings. The molecule has 2 heterocycles. The fraction of sp³-hybridized carbons (Fsp3) is 0.261. The van der Waals surface area contributed by atoms with E-state index in [1.165, 1.54) is 0 Å². The van der Waals surface area contributed by atoms with Gasteiger partial charge in [0.05, 0.1) is 17.9 Å². The van der Waals surface area contributed by atoms with Crippen molar-refractivity contribution < 1.29 is 14.3 Å². The molecule has 0 saturated carbocycles. The minimum atomic E-state index is -0.376. The van der Waals surface area contributed by atoms with Crippen LogP contribution in [0.4, 0.5) is 5.82 Å². The number of carbonyl (C=O) groups excluding carboxylic acids is 2. The number of rotatable bonds is 6. The summed E-state index contributed by atoms with van der Waals surface area (Å²) in [6.07, 6.45) is 1.66. The van der Waals surface area contributed by atoms with Crippen LogP contribution >= 0.6 is 0 Å². The zero-order chi connectivity index (χ0) is 21.0. The molecular weight excluding hydrogens is 366 g/mol. The normalized spacial score (nSPS) is 10.6. The molecular formula is C23H25N3O3. The highest BCUT2D eigenvalue weighted by Crippen LogP contribution is 2.31. The number of aromatic nitrogens is 2. The van der Waals surface area contributed by atoms with E-state index in [1.54, 1.807) is 13.1 Å². The van der Waals surface area contributed by atoms with Gasteiger partial charge in [-0.05, 0) is 56.5 Å². The van der Waals surface area contributed by atoms with Crippen LogP contribution < -0.4 is 5.32 Å². The van der Waals surface area contributed by atoms with E-state index in [9.17, 15) is 9.59 Å². The molecule has 0 aliphatic heterocycles. The standard InChI is InChI=1S/C23H25N3O3/c1-5-29-23(28)21-16(3)22(18-9-7-6-8-10-18)26(17(21)4)14-20(27)25-19-13-15(2)11-12-24-19/h6-13H,5,14H2,1-4H3,(H,24,25,27). The maximum absolute atomic E-state index is 12.8. The predicted octanol–water partition coefficient (Wildman–Crippen LogP) is 4.29. The summed E-state index contributed by atoms with van der Waals surface area (Å²) in [4.78, 5) is 29.5. The van der Waals surface area contributed by atoms with E-state index in [1.807, 2.05) is 67.8 Å². The summed E-state index contributed by atoms with van der Waals surface area (Å²) in [7, 11) is 0. The van der Waals surface area contributed by atoms with Gasteiger partial charge < -0.3 is 14.6 Å². The Morgan fingerprint density at radius 3 is 2.48 bits per heavy atom. The second kappa shape index (κ2) is 8.73. The zero-order valence-electron chi connectivity index (χ0n) is 17.2. The minimum absolute atomic E-state index is 0.0614. The van der Waals surface area contributed by atoms with Crippen LogP contribution in [0.1, 0.15) is 34.1 Å². The minimum Gasteiger partial charge on any atom is -0.462 e. The van der Waals surface area contributed by atoms with Gasteiger partial charge in [0, 0.05) is 11.9 Å². The van der Waals surface area contributed by atoms with Gasteiger partial charge in [-0.2, -0.15) is 0 Å². The molecule has 1 aromatic carbocycles. The van der Waals surface area contributed by atoms with Crippen molar-refractivity contribution in [3.63, 3.8) is 0 Å². The molecule has 0 spiro atoms. The van der Waals surface area contributed by atoms with Crippen LogP contribution in [0.3, 0.4) is 0 Å². The highest BCUT2D eigenvalue weighted by molar-refractivity contribution is 5.96. The van der Waals surface area contributed by atoms with E-state index in [-0.39, 0.29) is 18.4 Å². The number of nitrogens with one attached hydrogen (secondary N) is 1. The van der Waals surface area contributed by atoms with Crippen molar-refractivity contribution in [1.82, 2.24) is 9.55 Å². The number of esters is 1. The van der Waals surface area contributed by atoms with Gasteiger partial charge in [0.2, 0.25) is 5.91 Å². The summed E-state index contributed by atoms with van der Waals surface area (Å²) in [5.41, 5.74) is 4.79. The Kier molecular flexibility index (Phi) is 6.12. The lowest BCUT2D eigenvalue weighted by Gasteiger charge is -2.13. The molecule has 0 fully saturated rings. The lowest BCUT2D eigenvalue weighted by molar-refractivity contribution is -0.116. The van der Waals surface area contributed by atoms with Crippen molar-refractivity contribution in [3.05, 3.63) is 71.0 Å². The molecule has 0 unspecified atom stereocenters. The highest BCUT2D eigenvalue weighted by atomic mass is 16.5. The molecule has 0 bridgehead atoms. The first-order chi connectivity index (χ1) is 13.9. The van der Waals surface area contributed by atoms with Gasteiger partial charge in [-0.1, -0.05) is 30.3 Å². The Hall–Kier alpha value is -3.41. The molecule has 3 rings (SSSR count). The number of ether oxygens (including phenoxy) is 1. The molecule has 6 heteroatoms. The van der Waals surface area contributed by atoms with Crippen LogP contribution in [0, 0.1) is 20.8 Å². The fourth-order valence-electron chi connectivity index (χ4n) is 3.50. The molecule has 6 nitrogen and oxygen atoms in total. The average molecular weight is 391 g/mol. The Morgan fingerprint density at radius 1 is 1.10 bits per heavy atom. The number of pyridine rings is 1. The van der Waals surface area contributed by atoms with Crippen LogP contribution in [0.25, 0.3) is 11.3 Å². The van der Waals surface area contributed by atoms with Gasteiger partial charge in [-0.25, -0.2) is 9.78 Å². The molecule has 2 aromatic heterocycles. The maximum atomic E-state index is 12.8. The first-order valence-electron chi connectivity index (χ1n) is 9.57. The SMILES string of the molecule is CCOC(=O)c1c(C)c(-c2ccccc2)n(CC(=O)Nc2cc(C)ccn2)c1C. The van der Waals surface area contributed by atoms with E-state index in [0.717, 1.165) is 22.4 Å². The van der Waals surface area contributed by atoms with Crippen molar-refractivity contribution in [2.45, 2.75) is 34.2 Å². The Labute approximate surface area is 170 Å². The number of carbonyl (C=O) groups is 2. The quantitative estimate of drug-likeness (QED) is 0.636. The summed E-state index contributed by atoms with van der Waals surface area (Å²) < 4.78 is 7.11. The van der Waals surface area contributed by atoms with E-state index in [0.29, 0.717) is 23.7 Å². The zero-order valence-corrected chi connectivity index (χ0v) is 17.2. The molecule has 0 atom stereocenters. The Bertz CT molecular complexity index is 1040. The lowest BCUT2D eigenvalue weighted by Crippen LogP contribution is -2.21. The van der Waals surface area contributed by atoms with E-state index in [4.69, 9.17) is 4.74 Å². The van der Waals surface area contributed by atoms with Crippen LogP contribution in [0.2, 0.25) is 0 Å². The monoisotopic (exact) mass is 391 g/mol. The first-order valence-corrected chi connectivity index (χ1v) is 9.57. The van der Waals surface area contributed by atoms with Crippen molar-refractivity contribution in [3.8, 4) is 11.3 Å². The van der Waals surface area contributed by atoms with Crippen LogP contribution in [-0.2, 0) is 16.1 Å². The van der Waals surface area contributed by atoms with E-state index >= 15 is 0 Å². The van der Waals surface area contributed by atoms with Crippen LogP contribution in [0.5, 0.6) is 0 Å². The summed E-state index contributed by atoms with van der Waals surface area (Å²) in [5.74, 6) is -0.0867. The van der Waals surface area contributed by atoms with Crippen LogP contribution in [0.15, 0.2) is 48.7 Å². The second-order valence-electron chi connectivity index (χ2n) is 6.87. The Balaban J connectivity index is 2.01. The summed E-state index contributed by atoms with van der Waals surface area (Å²) in [6, 6.07) is 13.4. The number of nitrogens with zero attached hydrogens (tertiary/aromatic N) is 2. The number of aryl methyl sites for hydroxylation is 1. The average Bonchev–Trinajstić information content (AvgIpc) is 2.92. The first kappa shape index (κ1) is 20.3. The predicted molar refractivity (Wildman–Crippen MR) is 113 cm³/mol. The molecule has 0 aliphatic rings. The molecule has 150 valence electrons. The molecule has 1 N–H and O–H groups in total. The largest absolute Gasteiger partial charge is 0.462 e. The van der Waals surface area contributed by atoms with Gasteiger partial charge in [-0.15, -0.1) is 0 Å². The van der Waals surface area contributed by atoms with Crippen molar-refractivity contribution >= 4 is 17.7 Å². The third-order valence-electron chi connectivity index (χ3n) is 4.78. The maximum Gasteiger partial charge on any atom is 0.340 e. The lowest BCUT2D eigenvalue weighted by atomic mass is 10.1. The highest BCUT2D eigenvalue weighted by Gasteiger charge is 2.25. The van der Waals surface area contributed by atoms with Crippen molar-refractivity contribution in [1.29, 1.82) is 0 Å².